The van der Waals surface area contributed by atoms with Gasteiger partial charge in [0.2, 0.25) is 0 Å². The minimum atomic E-state index is -0.791. The van der Waals surface area contributed by atoms with Gasteiger partial charge in [-0.3, -0.25) is 9.20 Å². The van der Waals surface area contributed by atoms with Gasteiger partial charge >= 0.3 is 5.97 Å². The second-order valence-electron chi connectivity index (χ2n) is 6.34. The molecule has 0 atom stereocenters. The standard InChI is InChI=1S/C17H20N4O2/c22-15(23)7-6-12-14-10-19-16-13(8-9-18-16)21(14)17(20-12)11-4-2-1-3-5-11/h8-11,18H,1-7H2,(H,22,23). The van der Waals surface area contributed by atoms with Crippen molar-refractivity contribution in [1.29, 1.82) is 0 Å². The minimum absolute atomic E-state index is 0.0992. The molecule has 6 heteroatoms. The van der Waals surface area contributed by atoms with E-state index in [4.69, 9.17) is 10.1 Å². The first-order chi connectivity index (χ1) is 11.2. The molecule has 1 saturated carbocycles. The predicted molar refractivity (Wildman–Crippen MR) is 86.6 cm³/mol. The van der Waals surface area contributed by atoms with Gasteiger partial charge < -0.3 is 10.1 Å². The lowest BCUT2D eigenvalue weighted by Crippen LogP contribution is -2.09. The minimum Gasteiger partial charge on any atom is -0.481 e. The monoisotopic (exact) mass is 312 g/mol. The van der Waals surface area contributed by atoms with E-state index in [1.165, 1.54) is 19.3 Å². The summed E-state index contributed by atoms with van der Waals surface area (Å²) in [5, 5.41) is 8.99. The molecule has 6 nitrogen and oxygen atoms in total. The van der Waals surface area contributed by atoms with Crippen molar-refractivity contribution in [3.05, 3.63) is 30.0 Å². The number of aliphatic carboxylic acids is 1. The summed E-state index contributed by atoms with van der Waals surface area (Å²) in [7, 11) is 0. The Morgan fingerprint density at radius 3 is 2.91 bits per heavy atom. The van der Waals surface area contributed by atoms with E-state index < -0.39 is 5.97 Å². The maximum atomic E-state index is 10.9. The van der Waals surface area contributed by atoms with Gasteiger partial charge in [0.25, 0.3) is 0 Å². The molecule has 0 unspecified atom stereocenters. The average molecular weight is 312 g/mol. The Morgan fingerprint density at radius 2 is 2.13 bits per heavy atom. The number of carboxylic acids is 1. The third-order valence-electron chi connectivity index (χ3n) is 4.82. The lowest BCUT2D eigenvalue weighted by molar-refractivity contribution is -0.136. The fourth-order valence-electron chi connectivity index (χ4n) is 3.69. The predicted octanol–water partition coefficient (Wildman–Crippen LogP) is 3.28. The number of hydrogen-bond acceptors (Lipinski definition) is 3. The third-order valence-corrected chi connectivity index (χ3v) is 4.82. The maximum Gasteiger partial charge on any atom is 0.303 e. The van der Waals surface area contributed by atoms with Crippen LogP contribution in [-0.2, 0) is 11.2 Å². The Labute approximate surface area is 133 Å². The van der Waals surface area contributed by atoms with E-state index in [0.29, 0.717) is 12.3 Å². The van der Waals surface area contributed by atoms with Gasteiger partial charge in [0.15, 0.2) is 5.65 Å². The van der Waals surface area contributed by atoms with Gasteiger partial charge in [0, 0.05) is 18.5 Å². The summed E-state index contributed by atoms with van der Waals surface area (Å²) >= 11 is 0. The van der Waals surface area contributed by atoms with Crippen LogP contribution in [0.3, 0.4) is 0 Å². The summed E-state index contributed by atoms with van der Waals surface area (Å²) in [5.74, 6) is 0.739. The molecule has 0 amide bonds. The van der Waals surface area contributed by atoms with Crippen molar-refractivity contribution in [3.8, 4) is 0 Å². The Morgan fingerprint density at radius 1 is 1.30 bits per heavy atom. The molecule has 2 N–H and O–H groups in total. The van der Waals surface area contributed by atoms with Crippen LogP contribution >= 0.6 is 0 Å². The van der Waals surface area contributed by atoms with Crippen molar-refractivity contribution >= 4 is 22.6 Å². The molecule has 1 fully saturated rings. The van der Waals surface area contributed by atoms with Crippen molar-refractivity contribution in [1.82, 2.24) is 19.4 Å². The van der Waals surface area contributed by atoms with E-state index in [1.807, 2.05) is 18.5 Å². The van der Waals surface area contributed by atoms with Crippen LogP contribution in [0.2, 0.25) is 0 Å². The number of hydrogen-bond donors (Lipinski definition) is 2. The number of carbonyl (C=O) groups is 1. The van der Waals surface area contributed by atoms with Crippen LogP contribution in [0, 0.1) is 0 Å². The fraction of sp³-hybridized carbons (Fsp3) is 0.471. The number of aryl methyl sites for hydroxylation is 1. The van der Waals surface area contributed by atoms with Crippen molar-refractivity contribution in [2.45, 2.75) is 50.9 Å². The van der Waals surface area contributed by atoms with Crippen LogP contribution in [0.15, 0.2) is 18.5 Å². The zero-order valence-electron chi connectivity index (χ0n) is 13.0. The van der Waals surface area contributed by atoms with E-state index in [2.05, 4.69) is 14.4 Å². The summed E-state index contributed by atoms with van der Waals surface area (Å²) in [6, 6.07) is 2.02. The maximum absolute atomic E-state index is 10.9. The second kappa shape index (κ2) is 5.68. The number of nitrogens with zero attached hydrogens (tertiary/aromatic N) is 3. The number of H-pyrrole nitrogens is 1. The van der Waals surface area contributed by atoms with Gasteiger partial charge in [-0.25, -0.2) is 9.97 Å². The average Bonchev–Trinajstić information content (AvgIpc) is 3.17. The van der Waals surface area contributed by atoms with E-state index in [0.717, 1.165) is 41.0 Å². The molecule has 0 saturated heterocycles. The smallest absolute Gasteiger partial charge is 0.303 e. The van der Waals surface area contributed by atoms with Crippen LogP contribution in [0.4, 0.5) is 0 Å². The van der Waals surface area contributed by atoms with Crippen molar-refractivity contribution in [2.24, 2.45) is 0 Å². The first-order valence-corrected chi connectivity index (χ1v) is 8.29. The molecule has 0 radical (unpaired) electrons. The summed E-state index contributed by atoms with van der Waals surface area (Å²) in [4.78, 5) is 23.4. The second-order valence-corrected chi connectivity index (χ2v) is 6.34. The molecule has 1 aliphatic carbocycles. The summed E-state index contributed by atoms with van der Waals surface area (Å²) in [5.41, 5.74) is 3.66. The first kappa shape index (κ1) is 14.2. The summed E-state index contributed by atoms with van der Waals surface area (Å²) in [6.07, 6.45) is 10.3. The molecule has 4 rings (SSSR count). The fourth-order valence-corrected chi connectivity index (χ4v) is 3.69. The number of fused-ring (bicyclic) bond motifs is 3. The van der Waals surface area contributed by atoms with E-state index in [1.54, 1.807) is 0 Å². The number of imidazole rings is 1. The molecule has 23 heavy (non-hydrogen) atoms. The molecule has 3 heterocycles. The summed E-state index contributed by atoms with van der Waals surface area (Å²) < 4.78 is 2.19. The highest BCUT2D eigenvalue weighted by Crippen LogP contribution is 2.34. The number of carboxylic acid groups (broad SMARTS) is 1. The van der Waals surface area contributed by atoms with E-state index in [9.17, 15) is 4.79 Å². The molecule has 120 valence electrons. The van der Waals surface area contributed by atoms with Gasteiger partial charge in [-0.15, -0.1) is 0 Å². The molecular weight excluding hydrogens is 292 g/mol. The normalized spacial score (nSPS) is 16.3. The van der Waals surface area contributed by atoms with Gasteiger partial charge in [-0.05, 0) is 18.9 Å². The zero-order chi connectivity index (χ0) is 15.8. The molecule has 0 aromatic carbocycles. The van der Waals surface area contributed by atoms with Crippen LogP contribution in [-0.4, -0.2) is 30.4 Å². The SMILES string of the molecule is O=C(O)CCc1nc(C2CCCCC2)n2c1cnc1[nH]ccc12. The number of aromatic amines is 1. The van der Waals surface area contributed by atoms with Gasteiger partial charge in [-0.1, -0.05) is 19.3 Å². The Bertz CT molecular complexity index is 858. The van der Waals surface area contributed by atoms with Crippen LogP contribution in [0.1, 0.15) is 56.0 Å². The van der Waals surface area contributed by atoms with Crippen LogP contribution in [0.25, 0.3) is 16.7 Å². The quantitative estimate of drug-likeness (QED) is 0.774. The molecular formula is C17H20N4O2. The lowest BCUT2D eigenvalue weighted by Gasteiger charge is -2.20. The molecule has 3 aromatic heterocycles. The van der Waals surface area contributed by atoms with Gasteiger partial charge in [0.1, 0.15) is 5.82 Å². The highest BCUT2D eigenvalue weighted by molar-refractivity contribution is 5.77. The molecule has 3 aromatic rings. The van der Waals surface area contributed by atoms with E-state index >= 15 is 0 Å². The Hall–Kier alpha value is -2.37. The highest BCUT2D eigenvalue weighted by atomic mass is 16.4. The zero-order valence-corrected chi connectivity index (χ0v) is 13.0. The van der Waals surface area contributed by atoms with Gasteiger partial charge in [-0.2, -0.15) is 0 Å². The van der Waals surface area contributed by atoms with Crippen LogP contribution in [0.5, 0.6) is 0 Å². The summed E-state index contributed by atoms with van der Waals surface area (Å²) in [6.45, 7) is 0. The Kier molecular flexibility index (Phi) is 3.52. The van der Waals surface area contributed by atoms with E-state index in [-0.39, 0.29) is 6.42 Å². The molecule has 0 spiro atoms. The van der Waals surface area contributed by atoms with Crippen molar-refractivity contribution in [3.63, 3.8) is 0 Å². The number of rotatable bonds is 4. The van der Waals surface area contributed by atoms with Crippen molar-refractivity contribution in [2.75, 3.05) is 0 Å². The largest absolute Gasteiger partial charge is 0.481 e. The Balaban J connectivity index is 1.88. The topological polar surface area (TPSA) is 83.3 Å². The lowest BCUT2D eigenvalue weighted by atomic mass is 9.89. The first-order valence-electron chi connectivity index (χ1n) is 8.29. The van der Waals surface area contributed by atoms with Gasteiger partial charge in [0.05, 0.1) is 29.3 Å². The van der Waals surface area contributed by atoms with Crippen LogP contribution < -0.4 is 0 Å². The number of nitrogens with one attached hydrogen (secondary N) is 1. The molecule has 0 bridgehead atoms. The van der Waals surface area contributed by atoms with Crippen molar-refractivity contribution < 1.29 is 9.90 Å². The molecule has 0 aliphatic heterocycles. The third kappa shape index (κ3) is 2.48. The molecule has 1 aliphatic rings. The number of aromatic nitrogens is 4. The highest BCUT2D eigenvalue weighted by Gasteiger charge is 2.23.